The van der Waals surface area contributed by atoms with Crippen LogP contribution in [0.1, 0.15) is 22.7 Å². The summed E-state index contributed by atoms with van der Waals surface area (Å²) in [5.74, 6) is -0.854. The molecule has 1 unspecified atom stereocenters. The average Bonchev–Trinajstić information content (AvgIpc) is 2.31. The van der Waals surface area contributed by atoms with Gasteiger partial charge in [-0.25, -0.2) is 8.78 Å². The Hall–Kier alpha value is -1.26. The third kappa shape index (κ3) is 2.60. The fraction of sp³-hybridized carbons (Fsp3) is 0.143. The van der Waals surface area contributed by atoms with Crippen LogP contribution in [0.5, 0.6) is 0 Å². The molecule has 0 spiro atoms. The summed E-state index contributed by atoms with van der Waals surface area (Å²) >= 11 is 3.25. The normalized spacial score (nSPS) is 12.5. The summed E-state index contributed by atoms with van der Waals surface area (Å²) in [6, 6.07) is 8.39. The molecule has 0 fully saturated rings. The van der Waals surface area contributed by atoms with Gasteiger partial charge in [-0.3, -0.25) is 0 Å². The molecule has 1 nitrogen and oxygen atoms in total. The van der Waals surface area contributed by atoms with Crippen molar-refractivity contribution < 1.29 is 8.78 Å². The van der Waals surface area contributed by atoms with Gasteiger partial charge in [0, 0.05) is 15.6 Å². The van der Waals surface area contributed by atoms with Crippen LogP contribution in [0, 0.1) is 18.6 Å². The second kappa shape index (κ2) is 5.16. The molecule has 0 aromatic heterocycles. The Kier molecular flexibility index (Phi) is 3.78. The van der Waals surface area contributed by atoms with Crippen LogP contribution in [0.2, 0.25) is 0 Å². The lowest BCUT2D eigenvalue weighted by atomic mass is 9.98. The van der Waals surface area contributed by atoms with Crippen LogP contribution in [0.4, 0.5) is 8.78 Å². The molecule has 2 aromatic rings. The molecule has 2 aromatic carbocycles. The van der Waals surface area contributed by atoms with Crippen LogP contribution in [0.15, 0.2) is 40.9 Å². The van der Waals surface area contributed by atoms with Crippen molar-refractivity contribution in [1.29, 1.82) is 0 Å². The first-order valence-electron chi connectivity index (χ1n) is 5.45. The van der Waals surface area contributed by atoms with E-state index >= 15 is 0 Å². The van der Waals surface area contributed by atoms with Crippen LogP contribution < -0.4 is 5.73 Å². The van der Waals surface area contributed by atoms with E-state index in [-0.39, 0.29) is 11.1 Å². The summed E-state index contributed by atoms with van der Waals surface area (Å²) in [5.41, 5.74) is 7.30. The predicted molar refractivity (Wildman–Crippen MR) is 71.3 cm³/mol. The van der Waals surface area contributed by atoms with E-state index in [0.717, 1.165) is 5.56 Å². The molecule has 94 valence electrons. The third-order valence-electron chi connectivity index (χ3n) is 2.78. The molecule has 0 bridgehead atoms. The van der Waals surface area contributed by atoms with Gasteiger partial charge in [0.1, 0.15) is 11.6 Å². The van der Waals surface area contributed by atoms with Crippen molar-refractivity contribution in [3.8, 4) is 0 Å². The molecule has 0 saturated carbocycles. The lowest BCUT2D eigenvalue weighted by Crippen LogP contribution is -2.15. The van der Waals surface area contributed by atoms with Crippen molar-refractivity contribution in [2.24, 2.45) is 5.73 Å². The first-order valence-corrected chi connectivity index (χ1v) is 6.25. The van der Waals surface area contributed by atoms with Gasteiger partial charge in [-0.15, -0.1) is 0 Å². The molecule has 0 saturated heterocycles. The van der Waals surface area contributed by atoms with Gasteiger partial charge in [0.2, 0.25) is 0 Å². The van der Waals surface area contributed by atoms with Crippen molar-refractivity contribution in [3.05, 3.63) is 69.2 Å². The Morgan fingerprint density at radius 1 is 1.00 bits per heavy atom. The molecule has 0 aliphatic heterocycles. The Labute approximate surface area is 113 Å². The largest absolute Gasteiger partial charge is 0.320 e. The number of hydrogen-bond donors (Lipinski definition) is 1. The van der Waals surface area contributed by atoms with Gasteiger partial charge in [0.05, 0.1) is 6.04 Å². The lowest BCUT2D eigenvalue weighted by molar-refractivity contribution is 0.575. The van der Waals surface area contributed by atoms with Gasteiger partial charge in [-0.05, 0) is 36.8 Å². The van der Waals surface area contributed by atoms with Gasteiger partial charge in [0.15, 0.2) is 0 Å². The van der Waals surface area contributed by atoms with Crippen LogP contribution in [0.25, 0.3) is 0 Å². The van der Waals surface area contributed by atoms with E-state index in [0.29, 0.717) is 4.47 Å². The highest BCUT2D eigenvalue weighted by Gasteiger charge is 2.17. The summed E-state index contributed by atoms with van der Waals surface area (Å²) < 4.78 is 28.2. The number of nitrogens with two attached hydrogens (primary N) is 1. The fourth-order valence-corrected chi connectivity index (χ4v) is 2.18. The number of aryl methyl sites for hydroxylation is 1. The zero-order chi connectivity index (χ0) is 13.3. The Balaban J connectivity index is 2.47. The lowest BCUT2D eigenvalue weighted by Gasteiger charge is -2.15. The Bertz CT molecular complexity index is 584. The van der Waals surface area contributed by atoms with Crippen LogP contribution >= 0.6 is 15.9 Å². The molecule has 0 aliphatic rings. The summed E-state index contributed by atoms with van der Waals surface area (Å²) in [6.45, 7) is 1.79. The quantitative estimate of drug-likeness (QED) is 0.888. The summed E-state index contributed by atoms with van der Waals surface area (Å²) in [7, 11) is 0. The van der Waals surface area contributed by atoms with Crippen molar-refractivity contribution in [2.45, 2.75) is 13.0 Å². The smallest absolute Gasteiger partial charge is 0.128 e. The maximum atomic E-state index is 13.8. The minimum atomic E-state index is -0.817. The number of hydrogen-bond acceptors (Lipinski definition) is 1. The number of halogens is 3. The third-order valence-corrected chi connectivity index (χ3v) is 3.28. The summed E-state index contributed by atoms with van der Waals surface area (Å²) in [6.07, 6.45) is 0. The molecule has 4 heteroatoms. The van der Waals surface area contributed by atoms with Crippen molar-refractivity contribution in [2.75, 3.05) is 0 Å². The number of rotatable bonds is 2. The SMILES string of the molecule is Cc1ccc(C(N)c2cc(Br)ccc2F)c(F)c1. The monoisotopic (exact) mass is 311 g/mol. The molecule has 0 amide bonds. The molecular formula is C14H12BrF2N. The molecule has 18 heavy (non-hydrogen) atoms. The molecular weight excluding hydrogens is 300 g/mol. The maximum Gasteiger partial charge on any atom is 0.128 e. The maximum absolute atomic E-state index is 13.8. The summed E-state index contributed by atoms with van der Waals surface area (Å²) in [5, 5.41) is 0. The average molecular weight is 312 g/mol. The van der Waals surface area contributed by atoms with E-state index in [1.807, 2.05) is 0 Å². The highest BCUT2D eigenvalue weighted by Crippen LogP contribution is 2.27. The molecule has 2 N–H and O–H groups in total. The van der Waals surface area contributed by atoms with Crippen molar-refractivity contribution >= 4 is 15.9 Å². The molecule has 2 rings (SSSR count). The van der Waals surface area contributed by atoms with Gasteiger partial charge in [-0.2, -0.15) is 0 Å². The molecule has 1 atom stereocenters. The van der Waals surface area contributed by atoms with E-state index in [1.165, 1.54) is 12.1 Å². The van der Waals surface area contributed by atoms with Gasteiger partial charge >= 0.3 is 0 Å². The van der Waals surface area contributed by atoms with E-state index in [1.54, 1.807) is 31.2 Å². The minimum Gasteiger partial charge on any atom is -0.320 e. The molecule has 0 radical (unpaired) electrons. The standard InChI is InChI=1S/C14H12BrF2N/c1-8-2-4-10(13(17)6-8)14(18)11-7-9(15)3-5-12(11)16/h2-7,14H,18H2,1H3. The van der Waals surface area contributed by atoms with Crippen LogP contribution in [-0.4, -0.2) is 0 Å². The fourth-order valence-electron chi connectivity index (χ4n) is 1.80. The second-order valence-electron chi connectivity index (χ2n) is 4.17. The predicted octanol–water partition coefficient (Wildman–Crippen LogP) is 4.08. The van der Waals surface area contributed by atoms with E-state index in [9.17, 15) is 8.78 Å². The van der Waals surface area contributed by atoms with Crippen molar-refractivity contribution in [3.63, 3.8) is 0 Å². The highest BCUT2D eigenvalue weighted by molar-refractivity contribution is 9.10. The van der Waals surface area contributed by atoms with E-state index < -0.39 is 17.7 Å². The van der Waals surface area contributed by atoms with Gasteiger partial charge in [0.25, 0.3) is 0 Å². The van der Waals surface area contributed by atoms with Crippen LogP contribution in [0.3, 0.4) is 0 Å². The van der Waals surface area contributed by atoms with Crippen LogP contribution in [-0.2, 0) is 0 Å². The Morgan fingerprint density at radius 3 is 2.39 bits per heavy atom. The van der Waals surface area contributed by atoms with E-state index in [2.05, 4.69) is 15.9 Å². The summed E-state index contributed by atoms with van der Waals surface area (Å²) in [4.78, 5) is 0. The number of benzene rings is 2. The topological polar surface area (TPSA) is 26.0 Å². The van der Waals surface area contributed by atoms with Crippen molar-refractivity contribution in [1.82, 2.24) is 0 Å². The van der Waals surface area contributed by atoms with E-state index in [4.69, 9.17) is 5.73 Å². The van der Waals surface area contributed by atoms with Gasteiger partial charge < -0.3 is 5.73 Å². The molecule has 0 aliphatic carbocycles. The van der Waals surface area contributed by atoms with Gasteiger partial charge in [-0.1, -0.05) is 28.1 Å². The zero-order valence-electron chi connectivity index (χ0n) is 9.75. The minimum absolute atomic E-state index is 0.270. The first kappa shape index (κ1) is 13.2. The zero-order valence-corrected chi connectivity index (χ0v) is 11.3. The molecule has 0 heterocycles. The highest BCUT2D eigenvalue weighted by atomic mass is 79.9. The first-order chi connectivity index (χ1) is 8.49. The Morgan fingerprint density at radius 2 is 1.72 bits per heavy atom. The second-order valence-corrected chi connectivity index (χ2v) is 5.08.